The molecule has 0 fully saturated rings. The first kappa shape index (κ1) is 15.7. The molecule has 0 aliphatic carbocycles. The molecule has 20 heavy (non-hydrogen) atoms. The zero-order chi connectivity index (χ0) is 15.1. The number of aliphatic carboxylic acids is 2. The van der Waals surface area contributed by atoms with Crippen LogP contribution in [0.25, 0.3) is 12.2 Å². The van der Waals surface area contributed by atoms with Gasteiger partial charge in [0.15, 0.2) is 0 Å². The van der Waals surface area contributed by atoms with E-state index in [4.69, 9.17) is 10.2 Å². The van der Waals surface area contributed by atoms with Crippen LogP contribution in [0.5, 0.6) is 0 Å². The number of hydrogen-bond donors (Lipinski definition) is 2. The Morgan fingerprint density at radius 3 is 2.10 bits per heavy atom. The Bertz CT molecular complexity index is 568. The van der Waals surface area contributed by atoms with Crippen LogP contribution < -0.4 is 0 Å². The topological polar surface area (TPSA) is 74.6 Å². The Balaban J connectivity index is 3.43. The number of benzene rings is 1. The van der Waals surface area contributed by atoms with E-state index < -0.39 is 11.9 Å². The minimum absolute atomic E-state index is 0.707. The number of carboxylic acids is 2. The molecule has 0 unspecified atom stereocenters. The van der Waals surface area contributed by atoms with Crippen molar-refractivity contribution in [3.63, 3.8) is 0 Å². The minimum atomic E-state index is -1.03. The van der Waals surface area contributed by atoms with Crippen molar-refractivity contribution in [1.82, 2.24) is 0 Å². The standard InChI is InChI=1S/C16H18O4/c1-3-11-5-6-12(7-9-15(17)18)14(13(11)4-2)8-10-16(19)20/h5-10H,3-4H2,1-2H3,(H,17,18)(H,19,20). The summed E-state index contributed by atoms with van der Waals surface area (Å²) < 4.78 is 0. The Hall–Kier alpha value is -2.36. The summed E-state index contributed by atoms with van der Waals surface area (Å²) in [6.45, 7) is 4.03. The van der Waals surface area contributed by atoms with Crippen LogP contribution in [0.2, 0.25) is 0 Å². The molecule has 0 radical (unpaired) electrons. The quantitative estimate of drug-likeness (QED) is 0.782. The molecule has 0 aliphatic rings. The van der Waals surface area contributed by atoms with Crippen LogP contribution >= 0.6 is 0 Å². The fraction of sp³-hybridized carbons (Fsp3) is 0.250. The van der Waals surface area contributed by atoms with Gasteiger partial charge in [0, 0.05) is 12.2 Å². The van der Waals surface area contributed by atoms with E-state index in [9.17, 15) is 9.59 Å². The molecule has 2 N–H and O–H groups in total. The lowest BCUT2D eigenvalue weighted by atomic mass is 9.92. The number of rotatable bonds is 6. The normalized spacial score (nSPS) is 11.3. The SMILES string of the molecule is CCc1ccc(C=CC(=O)O)c(C=CC(=O)O)c1CC. The molecule has 0 aliphatic heterocycles. The van der Waals surface area contributed by atoms with Crippen molar-refractivity contribution in [3.05, 3.63) is 46.5 Å². The van der Waals surface area contributed by atoms with Gasteiger partial charge in [-0.05, 0) is 47.2 Å². The van der Waals surface area contributed by atoms with Gasteiger partial charge in [0.1, 0.15) is 0 Å². The van der Waals surface area contributed by atoms with E-state index in [2.05, 4.69) is 0 Å². The van der Waals surface area contributed by atoms with E-state index in [0.717, 1.165) is 41.7 Å². The Morgan fingerprint density at radius 2 is 1.60 bits per heavy atom. The van der Waals surface area contributed by atoms with Crippen LogP contribution in [-0.4, -0.2) is 22.2 Å². The average molecular weight is 274 g/mol. The highest BCUT2D eigenvalue weighted by molar-refractivity contribution is 5.89. The van der Waals surface area contributed by atoms with Crippen molar-refractivity contribution in [2.75, 3.05) is 0 Å². The highest BCUT2D eigenvalue weighted by Crippen LogP contribution is 2.23. The Morgan fingerprint density at radius 1 is 1.00 bits per heavy atom. The number of aryl methyl sites for hydroxylation is 1. The van der Waals surface area contributed by atoms with Crippen molar-refractivity contribution >= 4 is 24.1 Å². The molecule has 0 saturated carbocycles. The molecule has 0 aromatic heterocycles. The predicted molar refractivity (Wildman–Crippen MR) is 78.5 cm³/mol. The third-order valence-electron chi connectivity index (χ3n) is 3.02. The van der Waals surface area contributed by atoms with Gasteiger partial charge in [-0.2, -0.15) is 0 Å². The fourth-order valence-electron chi connectivity index (χ4n) is 2.13. The number of hydrogen-bond acceptors (Lipinski definition) is 2. The summed E-state index contributed by atoms with van der Waals surface area (Å²) in [4.78, 5) is 21.3. The van der Waals surface area contributed by atoms with Gasteiger partial charge in [-0.25, -0.2) is 9.59 Å². The maximum Gasteiger partial charge on any atom is 0.328 e. The summed E-state index contributed by atoms with van der Waals surface area (Å²) in [5.41, 5.74) is 3.67. The van der Waals surface area contributed by atoms with Gasteiger partial charge in [0.2, 0.25) is 0 Å². The average Bonchev–Trinajstić information content (AvgIpc) is 2.41. The second kappa shape index (κ2) is 7.28. The lowest BCUT2D eigenvalue weighted by Gasteiger charge is -2.13. The summed E-state index contributed by atoms with van der Waals surface area (Å²) in [6, 6.07) is 3.78. The first-order chi connectivity index (χ1) is 9.49. The van der Waals surface area contributed by atoms with E-state index in [1.54, 1.807) is 0 Å². The Kier molecular flexibility index (Phi) is 5.72. The zero-order valence-electron chi connectivity index (χ0n) is 11.6. The second-order valence-electron chi connectivity index (χ2n) is 4.26. The van der Waals surface area contributed by atoms with Crippen LogP contribution in [-0.2, 0) is 22.4 Å². The molecule has 0 heterocycles. The third kappa shape index (κ3) is 4.09. The molecule has 0 bridgehead atoms. The lowest BCUT2D eigenvalue weighted by Crippen LogP contribution is -1.99. The Labute approximate surface area is 118 Å². The molecule has 4 heteroatoms. The minimum Gasteiger partial charge on any atom is -0.478 e. The smallest absolute Gasteiger partial charge is 0.328 e. The summed E-state index contributed by atoms with van der Waals surface area (Å²) in [5, 5.41) is 17.5. The van der Waals surface area contributed by atoms with E-state index in [-0.39, 0.29) is 0 Å². The molecular weight excluding hydrogens is 256 g/mol. The maximum atomic E-state index is 10.7. The third-order valence-corrected chi connectivity index (χ3v) is 3.02. The van der Waals surface area contributed by atoms with Gasteiger partial charge in [-0.15, -0.1) is 0 Å². The highest BCUT2D eigenvalue weighted by atomic mass is 16.4. The number of carbonyl (C=O) groups is 2. The molecular formula is C16H18O4. The van der Waals surface area contributed by atoms with Crippen LogP contribution in [0.15, 0.2) is 24.3 Å². The highest BCUT2D eigenvalue weighted by Gasteiger charge is 2.08. The molecule has 4 nitrogen and oxygen atoms in total. The lowest BCUT2D eigenvalue weighted by molar-refractivity contribution is -0.132. The first-order valence-electron chi connectivity index (χ1n) is 6.46. The van der Waals surface area contributed by atoms with Crippen molar-refractivity contribution in [2.45, 2.75) is 26.7 Å². The molecule has 0 saturated heterocycles. The van der Waals surface area contributed by atoms with Gasteiger partial charge in [0.25, 0.3) is 0 Å². The summed E-state index contributed by atoms with van der Waals surface area (Å²) in [5.74, 6) is -2.06. The number of carboxylic acid groups (broad SMARTS) is 2. The van der Waals surface area contributed by atoms with Crippen molar-refractivity contribution in [2.24, 2.45) is 0 Å². The first-order valence-corrected chi connectivity index (χ1v) is 6.46. The van der Waals surface area contributed by atoms with E-state index in [1.165, 1.54) is 12.2 Å². The van der Waals surface area contributed by atoms with Crippen molar-refractivity contribution in [3.8, 4) is 0 Å². The second-order valence-corrected chi connectivity index (χ2v) is 4.26. The van der Waals surface area contributed by atoms with Gasteiger partial charge in [-0.1, -0.05) is 26.0 Å². The summed E-state index contributed by atoms with van der Waals surface area (Å²) in [7, 11) is 0. The predicted octanol–water partition coefficient (Wildman–Crippen LogP) is 3.01. The van der Waals surface area contributed by atoms with E-state index in [1.807, 2.05) is 26.0 Å². The maximum absolute atomic E-state index is 10.7. The molecule has 0 amide bonds. The molecule has 1 aromatic rings. The van der Waals surface area contributed by atoms with Gasteiger partial charge >= 0.3 is 11.9 Å². The van der Waals surface area contributed by atoms with Crippen molar-refractivity contribution in [1.29, 1.82) is 0 Å². The van der Waals surface area contributed by atoms with Crippen molar-refractivity contribution < 1.29 is 19.8 Å². The van der Waals surface area contributed by atoms with Crippen LogP contribution in [0, 0.1) is 0 Å². The fourth-order valence-corrected chi connectivity index (χ4v) is 2.13. The summed E-state index contributed by atoms with van der Waals surface area (Å²) >= 11 is 0. The largest absolute Gasteiger partial charge is 0.478 e. The van der Waals surface area contributed by atoms with E-state index >= 15 is 0 Å². The zero-order valence-corrected chi connectivity index (χ0v) is 11.6. The van der Waals surface area contributed by atoms with Gasteiger partial charge < -0.3 is 10.2 Å². The van der Waals surface area contributed by atoms with Gasteiger partial charge in [0.05, 0.1) is 0 Å². The molecule has 0 spiro atoms. The molecule has 106 valence electrons. The van der Waals surface area contributed by atoms with Crippen LogP contribution in [0.4, 0.5) is 0 Å². The molecule has 0 atom stereocenters. The monoisotopic (exact) mass is 274 g/mol. The van der Waals surface area contributed by atoms with Crippen LogP contribution in [0.3, 0.4) is 0 Å². The molecule has 1 aromatic carbocycles. The molecule has 1 rings (SSSR count). The van der Waals surface area contributed by atoms with Crippen LogP contribution in [0.1, 0.15) is 36.1 Å². The van der Waals surface area contributed by atoms with Gasteiger partial charge in [-0.3, -0.25) is 0 Å². The van der Waals surface area contributed by atoms with E-state index in [0.29, 0.717) is 5.56 Å². The summed E-state index contributed by atoms with van der Waals surface area (Å²) in [6.07, 6.45) is 6.76.